The van der Waals surface area contributed by atoms with Gasteiger partial charge < -0.3 is 20.3 Å². The van der Waals surface area contributed by atoms with E-state index in [0.717, 1.165) is 36.6 Å². The van der Waals surface area contributed by atoms with Crippen molar-refractivity contribution in [2.75, 3.05) is 5.32 Å². The molecule has 7 nitrogen and oxygen atoms in total. The fourth-order valence-electron chi connectivity index (χ4n) is 6.53. The van der Waals surface area contributed by atoms with Crippen molar-refractivity contribution in [3.05, 3.63) is 76.5 Å². The van der Waals surface area contributed by atoms with Gasteiger partial charge in [-0.15, -0.1) is 0 Å². The smallest absolute Gasteiger partial charge is 0.246 e. The molecule has 0 unspecified atom stereocenters. The van der Waals surface area contributed by atoms with E-state index in [1.165, 1.54) is 11.0 Å². The van der Waals surface area contributed by atoms with Gasteiger partial charge in [0, 0.05) is 28.3 Å². The largest absolute Gasteiger partial charge is 0.359 e. The molecule has 0 aromatic heterocycles. The highest BCUT2D eigenvalue weighted by Crippen LogP contribution is 2.55. The van der Waals surface area contributed by atoms with Gasteiger partial charge in [0.15, 0.2) is 0 Å². The lowest BCUT2D eigenvalue weighted by Crippen LogP contribution is -2.56. The third-order valence-corrected chi connectivity index (χ3v) is 8.82. The molecule has 2 aromatic rings. The van der Waals surface area contributed by atoms with Crippen molar-refractivity contribution in [2.45, 2.75) is 62.4 Å². The highest BCUT2D eigenvalue weighted by molar-refractivity contribution is 9.10. The summed E-state index contributed by atoms with van der Waals surface area (Å²) in [5, 5.41) is 6.05. The number of anilines is 1. The van der Waals surface area contributed by atoms with Crippen LogP contribution in [-0.2, 0) is 25.7 Å². The SMILES string of the molecule is O=C(Nc1ccc(Br)cc1)[C@@H]1[C@H]2C=C[C@@]3(O2)[C@H]1C(=O)N(Cc1ccccc1F)[C@@H]3C(=O)NC1CCCCC1. The Hall–Kier alpha value is -3.04. The standard InChI is InChI=1S/C29H29BrFN3O4/c30-18-10-12-20(13-11-18)32-26(35)23-22-14-15-29(38-22)24(23)28(37)34(16-17-6-4-5-9-21(17)31)25(29)27(36)33-19-7-2-1-3-8-19/h4-6,9-15,19,22-25H,1-3,7-8,16H2,(H,32,35)(H,33,36)/t22-,23-,24-,25-,29-/m1/s1. The van der Waals surface area contributed by atoms with E-state index in [0.29, 0.717) is 11.3 Å². The molecule has 1 spiro atoms. The molecule has 3 aliphatic heterocycles. The molecule has 5 atom stereocenters. The normalized spacial score (nSPS) is 29.9. The van der Waals surface area contributed by atoms with E-state index in [1.807, 2.05) is 12.1 Å². The highest BCUT2D eigenvalue weighted by Gasteiger charge is 2.72. The molecular weight excluding hydrogens is 553 g/mol. The molecule has 2 N–H and O–H groups in total. The molecule has 2 saturated heterocycles. The molecule has 38 heavy (non-hydrogen) atoms. The number of rotatable bonds is 6. The van der Waals surface area contributed by atoms with E-state index >= 15 is 0 Å². The van der Waals surface area contributed by atoms with Gasteiger partial charge in [-0.2, -0.15) is 0 Å². The van der Waals surface area contributed by atoms with E-state index in [2.05, 4.69) is 26.6 Å². The fourth-order valence-corrected chi connectivity index (χ4v) is 6.80. The summed E-state index contributed by atoms with van der Waals surface area (Å²) < 4.78 is 21.9. The minimum Gasteiger partial charge on any atom is -0.359 e. The molecule has 2 aromatic carbocycles. The molecular formula is C29H29BrFN3O4. The molecule has 1 saturated carbocycles. The van der Waals surface area contributed by atoms with Crippen LogP contribution in [0, 0.1) is 17.7 Å². The zero-order valence-corrected chi connectivity index (χ0v) is 22.3. The second kappa shape index (κ2) is 9.93. The van der Waals surface area contributed by atoms with Gasteiger partial charge in [0.2, 0.25) is 17.7 Å². The van der Waals surface area contributed by atoms with Crippen molar-refractivity contribution in [3.63, 3.8) is 0 Å². The Morgan fingerprint density at radius 2 is 1.79 bits per heavy atom. The lowest BCUT2D eigenvalue weighted by Gasteiger charge is -2.34. The van der Waals surface area contributed by atoms with Crippen LogP contribution in [0.2, 0.25) is 0 Å². The van der Waals surface area contributed by atoms with Crippen LogP contribution in [0.4, 0.5) is 10.1 Å². The number of carbonyl (C=O) groups excluding carboxylic acids is 3. The molecule has 3 heterocycles. The van der Waals surface area contributed by atoms with Gasteiger partial charge in [0.05, 0.1) is 17.9 Å². The second-order valence-corrected chi connectivity index (χ2v) is 11.5. The van der Waals surface area contributed by atoms with E-state index in [-0.39, 0.29) is 30.3 Å². The van der Waals surface area contributed by atoms with Crippen molar-refractivity contribution in [1.82, 2.24) is 10.2 Å². The summed E-state index contributed by atoms with van der Waals surface area (Å²) in [4.78, 5) is 42.8. The van der Waals surface area contributed by atoms with Gasteiger partial charge in [-0.25, -0.2) is 4.39 Å². The second-order valence-electron chi connectivity index (χ2n) is 10.6. The topological polar surface area (TPSA) is 87.7 Å². The van der Waals surface area contributed by atoms with E-state index < -0.39 is 35.4 Å². The van der Waals surface area contributed by atoms with Crippen LogP contribution >= 0.6 is 15.9 Å². The molecule has 3 amide bonds. The van der Waals surface area contributed by atoms with Crippen molar-refractivity contribution in [3.8, 4) is 0 Å². The van der Waals surface area contributed by atoms with Gasteiger partial charge in [0.1, 0.15) is 17.5 Å². The number of nitrogens with zero attached hydrogens (tertiary/aromatic N) is 1. The lowest BCUT2D eigenvalue weighted by atomic mass is 9.74. The maximum absolute atomic E-state index is 14.7. The number of hydrogen-bond donors (Lipinski definition) is 2. The van der Waals surface area contributed by atoms with Crippen LogP contribution < -0.4 is 10.6 Å². The number of benzene rings is 2. The Kier molecular flexibility index (Phi) is 6.60. The monoisotopic (exact) mass is 581 g/mol. The van der Waals surface area contributed by atoms with Crippen molar-refractivity contribution >= 4 is 39.3 Å². The first-order chi connectivity index (χ1) is 18.4. The van der Waals surface area contributed by atoms with Crippen LogP contribution in [-0.4, -0.2) is 46.4 Å². The number of likely N-dealkylation sites (tertiary alicyclic amines) is 1. The van der Waals surface area contributed by atoms with Crippen LogP contribution in [0.15, 0.2) is 65.2 Å². The van der Waals surface area contributed by atoms with E-state index in [1.54, 1.807) is 42.5 Å². The Morgan fingerprint density at radius 1 is 1.05 bits per heavy atom. The van der Waals surface area contributed by atoms with Gasteiger partial charge in [0.25, 0.3) is 0 Å². The van der Waals surface area contributed by atoms with Gasteiger partial charge in [-0.1, -0.05) is 65.5 Å². The number of halogens is 2. The van der Waals surface area contributed by atoms with Crippen molar-refractivity contribution < 1.29 is 23.5 Å². The zero-order valence-electron chi connectivity index (χ0n) is 20.7. The van der Waals surface area contributed by atoms with Crippen molar-refractivity contribution in [1.29, 1.82) is 0 Å². The molecule has 2 bridgehead atoms. The third-order valence-electron chi connectivity index (χ3n) is 8.29. The lowest BCUT2D eigenvalue weighted by molar-refractivity contribution is -0.142. The molecule has 1 aliphatic carbocycles. The quantitative estimate of drug-likeness (QED) is 0.497. The number of ether oxygens (including phenoxy) is 1. The van der Waals surface area contributed by atoms with Crippen LogP contribution in [0.25, 0.3) is 0 Å². The minimum atomic E-state index is -1.28. The number of hydrogen-bond acceptors (Lipinski definition) is 4. The predicted molar refractivity (Wildman–Crippen MR) is 142 cm³/mol. The first kappa shape index (κ1) is 25.2. The first-order valence-corrected chi connectivity index (χ1v) is 13.9. The summed E-state index contributed by atoms with van der Waals surface area (Å²) >= 11 is 3.39. The Balaban J connectivity index is 1.33. The van der Waals surface area contributed by atoms with Crippen molar-refractivity contribution in [2.24, 2.45) is 11.8 Å². The summed E-state index contributed by atoms with van der Waals surface area (Å²) in [6.07, 6.45) is 7.92. The van der Waals surface area contributed by atoms with Gasteiger partial charge in [-0.3, -0.25) is 14.4 Å². The van der Waals surface area contributed by atoms with E-state index in [9.17, 15) is 18.8 Å². The van der Waals surface area contributed by atoms with Crippen LogP contribution in [0.5, 0.6) is 0 Å². The minimum absolute atomic E-state index is 0.0243. The predicted octanol–water partition coefficient (Wildman–Crippen LogP) is 4.33. The molecule has 3 fully saturated rings. The van der Waals surface area contributed by atoms with Gasteiger partial charge >= 0.3 is 0 Å². The summed E-state index contributed by atoms with van der Waals surface area (Å²) in [6, 6.07) is 12.4. The Labute approximate surface area is 228 Å². The van der Waals surface area contributed by atoms with Crippen LogP contribution in [0.1, 0.15) is 37.7 Å². The van der Waals surface area contributed by atoms with E-state index in [4.69, 9.17) is 4.74 Å². The summed E-state index contributed by atoms with van der Waals surface area (Å²) in [6.45, 7) is -0.0879. The number of carbonyl (C=O) groups is 3. The molecule has 6 rings (SSSR count). The summed E-state index contributed by atoms with van der Waals surface area (Å²) in [5.41, 5.74) is -0.380. The number of nitrogens with one attached hydrogen (secondary N) is 2. The molecule has 198 valence electrons. The third kappa shape index (κ3) is 4.25. The Morgan fingerprint density at radius 3 is 2.53 bits per heavy atom. The molecule has 0 radical (unpaired) electrons. The highest BCUT2D eigenvalue weighted by atomic mass is 79.9. The van der Waals surface area contributed by atoms with Crippen LogP contribution in [0.3, 0.4) is 0 Å². The summed E-state index contributed by atoms with van der Waals surface area (Å²) in [5.74, 6) is -3.19. The Bertz CT molecular complexity index is 1290. The maximum Gasteiger partial charge on any atom is 0.246 e. The molecule has 4 aliphatic rings. The average molecular weight is 582 g/mol. The summed E-state index contributed by atoms with van der Waals surface area (Å²) in [7, 11) is 0. The number of fused-ring (bicyclic) bond motifs is 1. The fraction of sp³-hybridized carbons (Fsp3) is 0.414. The first-order valence-electron chi connectivity index (χ1n) is 13.2. The average Bonchev–Trinajstić information content (AvgIpc) is 3.55. The maximum atomic E-state index is 14.7. The zero-order chi connectivity index (χ0) is 26.4. The molecule has 9 heteroatoms. The van der Waals surface area contributed by atoms with Gasteiger partial charge in [-0.05, 0) is 43.2 Å². The number of amides is 3.